The lowest BCUT2D eigenvalue weighted by atomic mass is 9.89. The quantitative estimate of drug-likeness (QED) is 0.107. The van der Waals surface area contributed by atoms with Gasteiger partial charge in [-0.2, -0.15) is 0 Å². The number of aromatic nitrogens is 2. The van der Waals surface area contributed by atoms with Crippen LogP contribution in [0.2, 0.25) is 10.0 Å². The zero-order chi connectivity index (χ0) is 46.6. The molecule has 2 N–H and O–H groups in total. The summed E-state index contributed by atoms with van der Waals surface area (Å²) in [5, 5.41) is 23.3. The van der Waals surface area contributed by atoms with Gasteiger partial charge in [0.15, 0.2) is 23.0 Å². The molecule has 4 aliphatic heterocycles. The molecule has 2 aliphatic carbocycles. The van der Waals surface area contributed by atoms with Crippen LogP contribution >= 0.6 is 70.7 Å². The van der Waals surface area contributed by atoms with Crippen molar-refractivity contribution in [2.24, 2.45) is 0 Å². The van der Waals surface area contributed by atoms with Crippen molar-refractivity contribution in [3.8, 4) is 23.0 Å². The van der Waals surface area contributed by atoms with Crippen LogP contribution in [0.4, 0.5) is 0 Å². The predicted octanol–water partition coefficient (Wildman–Crippen LogP) is 9.89. The van der Waals surface area contributed by atoms with Crippen LogP contribution < -0.4 is 18.9 Å². The molecule has 6 aromatic rings. The molecule has 0 bridgehead atoms. The normalized spacial score (nSPS) is 20.9. The number of fused-ring (bicyclic) bond motifs is 2. The summed E-state index contributed by atoms with van der Waals surface area (Å²) in [5.74, 6) is 3.27. The maximum absolute atomic E-state index is 13.4. The summed E-state index contributed by atoms with van der Waals surface area (Å²) in [4.78, 5) is 42.7. The summed E-state index contributed by atoms with van der Waals surface area (Å²) in [6.45, 7) is 3.21. The van der Waals surface area contributed by atoms with Gasteiger partial charge in [-0.25, -0.2) is 9.97 Å². The van der Waals surface area contributed by atoms with E-state index in [9.17, 15) is 19.8 Å². The molecule has 12 rings (SSSR count). The van der Waals surface area contributed by atoms with E-state index in [-0.39, 0.29) is 74.3 Å². The number of aliphatic hydroxyl groups excluding tert-OH is 2. The van der Waals surface area contributed by atoms with Crippen LogP contribution in [0, 0.1) is 0 Å². The smallest absolute Gasteiger partial charge is 0.231 e. The Bertz CT molecular complexity index is 2680. The van der Waals surface area contributed by atoms with Crippen LogP contribution in [0.5, 0.6) is 23.0 Å². The number of thiazole rings is 2. The first-order valence-electron chi connectivity index (χ1n) is 23.2. The van der Waals surface area contributed by atoms with Crippen molar-refractivity contribution in [1.29, 1.82) is 0 Å². The molecular weight excluding hydrogens is 1010 g/mol. The molecule has 0 spiro atoms. The molecule has 368 valence electrons. The van der Waals surface area contributed by atoms with E-state index >= 15 is 0 Å². The third-order valence-electron chi connectivity index (χ3n) is 14.2. The average Bonchev–Trinajstić information content (AvgIpc) is 3.71. The number of ketones is 2. The maximum Gasteiger partial charge on any atom is 0.231 e. The van der Waals surface area contributed by atoms with E-state index in [1.165, 1.54) is 0 Å². The van der Waals surface area contributed by atoms with E-state index < -0.39 is 10.8 Å². The molecule has 4 atom stereocenters. The number of hydrogen-bond donors (Lipinski definition) is 2. The predicted molar refractivity (Wildman–Crippen MR) is 274 cm³/mol. The Morgan fingerprint density at radius 1 is 0.614 bits per heavy atom. The monoisotopic (exact) mass is 1060 g/mol. The number of ether oxygens (including phenoxy) is 4. The number of carbonyl (C=O) groups excluding carboxylic acids is 2. The maximum atomic E-state index is 13.4. The molecule has 0 unspecified atom stereocenters. The molecule has 2 saturated carbocycles. The van der Waals surface area contributed by atoms with Gasteiger partial charge in [0.1, 0.15) is 21.6 Å². The number of likely N-dealkylation sites (tertiary alicyclic amines) is 2. The average molecular weight is 1070 g/mol. The van der Waals surface area contributed by atoms with Crippen LogP contribution in [0.25, 0.3) is 0 Å². The number of β-amino-alcohol motifs (C(OH)–C–C–N with tert-alkyl or cyclic N) is 2. The molecule has 0 amide bonds. The molecular formula is C52H52Cl4N4O8S2. The summed E-state index contributed by atoms with van der Waals surface area (Å²) >= 11 is 16.3. The second-order valence-corrected chi connectivity index (χ2v) is 21.6. The van der Waals surface area contributed by atoms with Gasteiger partial charge >= 0.3 is 0 Å². The third-order valence-corrected chi connectivity index (χ3v) is 17.0. The molecule has 0 radical (unpaired) electrons. The van der Waals surface area contributed by atoms with E-state index in [0.29, 0.717) is 47.5 Å². The highest BCUT2D eigenvalue weighted by molar-refractivity contribution is 7.12. The SMILES string of the molecule is Cl.Cl.O=C(Cc1ncc([C@@H](c2ccccc2Cl)N2CC[C@@H](O)C2)s1)C1(c2ccc3c(c2)OCO3)CC1.O=C(Cc1ncc([C@H](c2ccccc2Cl)N2CC[C@@H](O)C2)s1)C1(c2ccc3c(c2)OCO3)CC1. The molecule has 6 aliphatic rings. The summed E-state index contributed by atoms with van der Waals surface area (Å²) in [7, 11) is 0. The Morgan fingerprint density at radius 2 is 1.01 bits per heavy atom. The number of rotatable bonds is 14. The lowest BCUT2D eigenvalue weighted by Gasteiger charge is -2.27. The minimum absolute atomic E-state index is 0. The first-order valence-corrected chi connectivity index (χ1v) is 25.5. The summed E-state index contributed by atoms with van der Waals surface area (Å²) in [5.41, 5.74) is 3.09. The molecule has 2 aromatic heterocycles. The molecule has 4 fully saturated rings. The van der Waals surface area contributed by atoms with Crippen LogP contribution in [0.3, 0.4) is 0 Å². The summed E-state index contributed by atoms with van der Waals surface area (Å²) in [6.07, 6.45) is 8.52. The molecule has 6 heterocycles. The third kappa shape index (κ3) is 10.1. The Labute approximate surface area is 436 Å². The van der Waals surface area contributed by atoms with Gasteiger partial charge in [-0.05, 0) is 97.2 Å². The van der Waals surface area contributed by atoms with Gasteiger partial charge in [-0.15, -0.1) is 47.5 Å². The molecule has 12 nitrogen and oxygen atoms in total. The van der Waals surface area contributed by atoms with Gasteiger partial charge < -0.3 is 29.2 Å². The summed E-state index contributed by atoms with van der Waals surface area (Å²) < 4.78 is 21.9. The van der Waals surface area contributed by atoms with Crippen molar-refractivity contribution in [1.82, 2.24) is 19.8 Å². The van der Waals surface area contributed by atoms with Crippen molar-refractivity contribution in [2.45, 2.75) is 86.5 Å². The fourth-order valence-electron chi connectivity index (χ4n) is 10.2. The Morgan fingerprint density at radius 3 is 1.39 bits per heavy atom. The highest BCUT2D eigenvalue weighted by atomic mass is 35.5. The Hall–Kier alpha value is -4.32. The highest BCUT2D eigenvalue weighted by Gasteiger charge is 2.52. The lowest BCUT2D eigenvalue weighted by Crippen LogP contribution is -2.28. The minimum Gasteiger partial charge on any atom is -0.454 e. The second kappa shape index (κ2) is 21.0. The van der Waals surface area contributed by atoms with Crippen molar-refractivity contribution >= 4 is 82.3 Å². The van der Waals surface area contributed by atoms with Crippen molar-refractivity contribution in [3.05, 3.63) is 149 Å². The largest absolute Gasteiger partial charge is 0.454 e. The van der Waals surface area contributed by atoms with Crippen LogP contribution in [0.15, 0.2) is 97.3 Å². The van der Waals surface area contributed by atoms with E-state index in [2.05, 4.69) is 19.8 Å². The van der Waals surface area contributed by atoms with Gasteiger partial charge in [-0.3, -0.25) is 19.4 Å². The molecule has 70 heavy (non-hydrogen) atoms. The number of aliphatic hydroxyl groups is 2. The fraction of sp³-hybridized carbons (Fsp3) is 0.385. The van der Waals surface area contributed by atoms with Gasteiger partial charge in [0.25, 0.3) is 0 Å². The van der Waals surface area contributed by atoms with Crippen molar-refractivity contribution < 1.29 is 38.7 Å². The minimum atomic E-state index is -0.450. The Kier molecular flexibility index (Phi) is 15.2. The number of carbonyl (C=O) groups is 2. The van der Waals surface area contributed by atoms with Crippen LogP contribution in [-0.2, 0) is 33.3 Å². The zero-order valence-corrected chi connectivity index (χ0v) is 42.7. The first-order chi connectivity index (χ1) is 33.1. The molecule has 18 heteroatoms. The number of benzene rings is 4. The van der Waals surface area contributed by atoms with E-state index in [4.69, 9.17) is 42.1 Å². The number of Topliss-reactive ketones (excluding diaryl/α,β-unsaturated/α-hetero) is 2. The van der Waals surface area contributed by atoms with E-state index in [1.807, 2.05) is 97.3 Å². The molecule has 4 aromatic carbocycles. The number of nitrogens with zero attached hydrogens (tertiary/aromatic N) is 4. The Balaban J connectivity index is 0.000000169. The lowest BCUT2D eigenvalue weighted by molar-refractivity contribution is -0.121. The van der Waals surface area contributed by atoms with E-state index in [0.717, 1.165) is 105 Å². The first kappa shape index (κ1) is 50.6. The standard InChI is InChI=1S/2C26H25ClN2O4S.2ClH/c2*27-19-4-2-1-3-18(19)25(29-10-7-17(30)14-29)22-13-28-24(34-22)12-23(31)26(8-9-26)16-5-6-20-21(11-16)33-15-32-20;;/h2*1-6,11,13,17,25,30H,7-10,12,14-15H2;2*1H/t17-,25+;17-,25-;;/m11../s1. The highest BCUT2D eigenvalue weighted by Crippen LogP contribution is 2.53. The number of hydrogen-bond acceptors (Lipinski definition) is 14. The van der Waals surface area contributed by atoms with Gasteiger partial charge in [0.2, 0.25) is 13.6 Å². The fourth-order valence-corrected chi connectivity index (χ4v) is 12.9. The topological polar surface area (TPSA) is 144 Å². The van der Waals surface area contributed by atoms with Crippen molar-refractivity contribution in [3.63, 3.8) is 0 Å². The van der Waals surface area contributed by atoms with Crippen molar-refractivity contribution in [2.75, 3.05) is 39.8 Å². The summed E-state index contributed by atoms with van der Waals surface area (Å²) in [6, 6.07) is 27.1. The second-order valence-electron chi connectivity index (χ2n) is 18.5. The van der Waals surface area contributed by atoms with Crippen LogP contribution in [-0.4, -0.2) is 93.5 Å². The van der Waals surface area contributed by atoms with Crippen LogP contribution in [0.1, 0.15) is 92.6 Å². The number of halogens is 4. The molecule has 2 saturated heterocycles. The van der Waals surface area contributed by atoms with Gasteiger partial charge in [0.05, 0.1) is 48.0 Å². The van der Waals surface area contributed by atoms with Gasteiger partial charge in [-0.1, -0.05) is 71.7 Å². The van der Waals surface area contributed by atoms with Gasteiger partial charge in [0, 0.05) is 58.4 Å². The van der Waals surface area contributed by atoms with E-state index in [1.54, 1.807) is 22.7 Å². The zero-order valence-electron chi connectivity index (χ0n) is 38.0.